The van der Waals surface area contributed by atoms with Gasteiger partial charge in [0.15, 0.2) is 12.4 Å². The van der Waals surface area contributed by atoms with Crippen LogP contribution in [0.4, 0.5) is 11.5 Å². The van der Waals surface area contributed by atoms with Crippen molar-refractivity contribution in [3.63, 3.8) is 0 Å². The SMILES string of the molecule is Cc1nc(-c2cccnc2)nc(NCCCN2C(=O)COc3ccccc32)c1C. The van der Waals surface area contributed by atoms with E-state index in [1.54, 1.807) is 17.3 Å². The largest absolute Gasteiger partial charge is 0.482 e. The number of anilines is 2. The molecule has 7 heteroatoms. The Balaban J connectivity index is 1.43. The van der Waals surface area contributed by atoms with E-state index in [-0.39, 0.29) is 12.5 Å². The Hall–Kier alpha value is -3.48. The molecule has 0 radical (unpaired) electrons. The number of nitrogens with one attached hydrogen (secondary N) is 1. The lowest BCUT2D eigenvalue weighted by molar-refractivity contribution is -0.121. The van der Waals surface area contributed by atoms with Crippen molar-refractivity contribution in [3.8, 4) is 17.1 Å². The number of ether oxygens (including phenoxy) is 1. The van der Waals surface area contributed by atoms with Gasteiger partial charge in [-0.15, -0.1) is 0 Å². The molecule has 3 aromatic rings. The van der Waals surface area contributed by atoms with E-state index in [0.29, 0.717) is 18.9 Å². The number of benzene rings is 1. The highest BCUT2D eigenvalue weighted by molar-refractivity contribution is 5.97. The highest BCUT2D eigenvalue weighted by atomic mass is 16.5. The molecular formula is C22H23N5O2. The number of aromatic nitrogens is 3. The van der Waals surface area contributed by atoms with Crippen LogP contribution >= 0.6 is 0 Å². The number of rotatable bonds is 6. The van der Waals surface area contributed by atoms with Crippen molar-refractivity contribution in [1.82, 2.24) is 15.0 Å². The lowest BCUT2D eigenvalue weighted by Gasteiger charge is -2.29. The zero-order valence-electron chi connectivity index (χ0n) is 16.6. The van der Waals surface area contributed by atoms with Crippen LogP contribution in [-0.2, 0) is 4.79 Å². The Morgan fingerprint density at radius 1 is 1.14 bits per heavy atom. The number of hydrogen-bond donors (Lipinski definition) is 1. The van der Waals surface area contributed by atoms with Crippen LogP contribution in [-0.4, -0.2) is 40.6 Å². The third-order valence-electron chi connectivity index (χ3n) is 4.97. The normalized spacial score (nSPS) is 13.0. The number of amides is 1. The standard InChI is InChI=1S/C22H23N5O2/c1-15-16(2)25-22(17-7-5-10-23-13-17)26-21(15)24-11-6-12-27-18-8-3-4-9-19(18)29-14-20(27)28/h3-5,7-10,13H,6,11-12,14H2,1-2H3,(H,24,25,26). The second-order valence-electron chi connectivity index (χ2n) is 6.93. The number of carbonyl (C=O) groups excluding carboxylic acids is 1. The van der Waals surface area contributed by atoms with E-state index in [1.165, 1.54) is 0 Å². The summed E-state index contributed by atoms with van der Waals surface area (Å²) in [5.41, 5.74) is 3.66. The Kier molecular flexibility index (Phi) is 5.37. The summed E-state index contributed by atoms with van der Waals surface area (Å²) in [6.07, 6.45) is 4.27. The number of fused-ring (bicyclic) bond motifs is 1. The smallest absolute Gasteiger partial charge is 0.265 e. The second kappa shape index (κ2) is 8.26. The average Bonchev–Trinajstić information content (AvgIpc) is 2.75. The predicted octanol–water partition coefficient (Wildman–Crippen LogP) is 3.38. The fourth-order valence-corrected chi connectivity index (χ4v) is 3.27. The van der Waals surface area contributed by atoms with Crippen molar-refractivity contribution < 1.29 is 9.53 Å². The molecule has 0 bridgehead atoms. The minimum atomic E-state index is -0.0170. The van der Waals surface area contributed by atoms with Gasteiger partial charge < -0.3 is 15.0 Å². The molecule has 7 nitrogen and oxygen atoms in total. The zero-order valence-corrected chi connectivity index (χ0v) is 16.6. The summed E-state index contributed by atoms with van der Waals surface area (Å²) < 4.78 is 5.50. The first-order chi connectivity index (χ1) is 14.1. The van der Waals surface area contributed by atoms with E-state index in [2.05, 4.69) is 20.3 Å². The van der Waals surface area contributed by atoms with Crippen LogP contribution in [0.5, 0.6) is 5.75 Å². The molecule has 0 fully saturated rings. The molecule has 1 N–H and O–H groups in total. The Bertz CT molecular complexity index is 1020. The maximum atomic E-state index is 12.3. The molecule has 0 saturated carbocycles. The van der Waals surface area contributed by atoms with Crippen molar-refractivity contribution in [1.29, 1.82) is 0 Å². The highest BCUT2D eigenvalue weighted by Gasteiger charge is 2.24. The molecule has 1 aliphatic heterocycles. The molecule has 3 heterocycles. The van der Waals surface area contributed by atoms with Gasteiger partial charge in [0.1, 0.15) is 11.6 Å². The molecule has 29 heavy (non-hydrogen) atoms. The number of para-hydroxylation sites is 2. The van der Waals surface area contributed by atoms with Gasteiger partial charge in [-0.25, -0.2) is 9.97 Å². The van der Waals surface area contributed by atoms with Crippen LogP contribution in [0.3, 0.4) is 0 Å². The summed E-state index contributed by atoms with van der Waals surface area (Å²) in [7, 11) is 0. The topological polar surface area (TPSA) is 80.2 Å². The van der Waals surface area contributed by atoms with Gasteiger partial charge in [-0.1, -0.05) is 12.1 Å². The lowest BCUT2D eigenvalue weighted by Crippen LogP contribution is -2.39. The second-order valence-corrected chi connectivity index (χ2v) is 6.93. The minimum absolute atomic E-state index is 0.0170. The van der Waals surface area contributed by atoms with Crippen molar-refractivity contribution in [3.05, 3.63) is 60.0 Å². The molecule has 1 amide bonds. The molecule has 1 aromatic carbocycles. The monoisotopic (exact) mass is 389 g/mol. The van der Waals surface area contributed by atoms with Crippen molar-refractivity contribution in [2.24, 2.45) is 0 Å². The van der Waals surface area contributed by atoms with E-state index in [9.17, 15) is 4.79 Å². The lowest BCUT2D eigenvalue weighted by atomic mass is 10.2. The Morgan fingerprint density at radius 3 is 2.83 bits per heavy atom. The first kappa shape index (κ1) is 18.9. The van der Waals surface area contributed by atoms with E-state index >= 15 is 0 Å². The Labute approximate surface area is 169 Å². The van der Waals surface area contributed by atoms with Crippen LogP contribution < -0.4 is 15.0 Å². The maximum Gasteiger partial charge on any atom is 0.265 e. The van der Waals surface area contributed by atoms with E-state index in [4.69, 9.17) is 4.74 Å². The summed E-state index contributed by atoms with van der Waals surface area (Å²) in [5.74, 6) is 2.20. The predicted molar refractivity (Wildman–Crippen MR) is 112 cm³/mol. The van der Waals surface area contributed by atoms with Gasteiger partial charge in [0.25, 0.3) is 5.91 Å². The molecule has 4 rings (SSSR count). The minimum Gasteiger partial charge on any atom is -0.482 e. The highest BCUT2D eigenvalue weighted by Crippen LogP contribution is 2.31. The summed E-state index contributed by atoms with van der Waals surface area (Å²) in [5, 5.41) is 3.40. The van der Waals surface area contributed by atoms with Gasteiger partial charge in [-0.3, -0.25) is 9.78 Å². The number of hydrogen-bond acceptors (Lipinski definition) is 6. The summed E-state index contributed by atoms with van der Waals surface area (Å²) >= 11 is 0. The van der Waals surface area contributed by atoms with E-state index in [0.717, 1.165) is 40.5 Å². The Morgan fingerprint density at radius 2 is 2.00 bits per heavy atom. The molecule has 1 aliphatic rings. The summed E-state index contributed by atoms with van der Waals surface area (Å²) in [6.45, 7) is 5.38. The fourth-order valence-electron chi connectivity index (χ4n) is 3.27. The van der Waals surface area contributed by atoms with Gasteiger partial charge >= 0.3 is 0 Å². The first-order valence-electron chi connectivity index (χ1n) is 9.65. The molecule has 148 valence electrons. The average molecular weight is 389 g/mol. The van der Waals surface area contributed by atoms with Crippen molar-refractivity contribution >= 4 is 17.4 Å². The molecule has 0 spiro atoms. The summed E-state index contributed by atoms with van der Waals surface area (Å²) in [6, 6.07) is 11.5. The molecule has 0 unspecified atom stereocenters. The van der Waals surface area contributed by atoms with Crippen LogP contribution in [0.25, 0.3) is 11.4 Å². The quantitative estimate of drug-likeness (QED) is 0.651. The van der Waals surface area contributed by atoms with Crippen LogP contribution in [0, 0.1) is 13.8 Å². The third-order valence-corrected chi connectivity index (χ3v) is 4.97. The number of aryl methyl sites for hydroxylation is 1. The number of nitrogens with zero attached hydrogens (tertiary/aromatic N) is 4. The number of carbonyl (C=O) groups is 1. The van der Waals surface area contributed by atoms with Gasteiger partial charge in [-0.05, 0) is 44.5 Å². The third kappa shape index (κ3) is 4.03. The van der Waals surface area contributed by atoms with Gasteiger partial charge in [0.05, 0.1) is 5.69 Å². The van der Waals surface area contributed by atoms with E-state index in [1.807, 2.05) is 50.2 Å². The van der Waals surface area contributed by atoms with Gasteiger partial charge in [0, 0.05) is 42.3 Å². The molecule has 0 saturated heterocycles. The zero-order chi connectivity index (χ0) is 20.2. The molecule has 0 atom stereocenters. The van der Waals surface area contributed by atoms with Crippen LogP contribution in [0.1, 0.15) is 17.7 Å². The maximum absolute atomic E-state index is 12.3. The van der Waals surface area contributed by atoms with Crippen molar-refractivity contribution in [2.45, 2.75) is 20.3 Å². The fraction of sp³-hybridized carbons (Fsp3) is 0.273. The molecular weight excluding hydrogens is 366 g/mol. The molecule has 2 aromatic heterocycles. The van der Waals surface area contributed by atoms with E-state index < -0.39 is 0 Å². The van der Waals surface area contributed by atoms with Crippen molar-refractivity contribution in [2.75, 3.05) is 29.9 Å². The van der Waals surface area contributed by atoms with Crippen LogP contribution in [0.15, 0.2) is 48.8 Å². The molecule has 0 aliphatic carbocycles. The van der Waals surface area contributed by atoms with Gasteiger partial charge in [-0.2, -0.15) is 0 Å². The number of pyridine rings is 1. The van der Waals surface area contributed by atoms with Gasteiger partial charge in [0.2, 0.25) is 0 Å². The first-order valence-corrected chi connectivity index (χ1v) is 9.65. The summed E-state index contributed by atoms with van der Waals surface area (Å²) in [4.78, 5) is 27.5. The van der Waals surface area contributed by atoms with Crippen LogP contribution in [0.2, 0.25) is 0 Å².